The number of alkyl halides is 6. The minimum absolute atomic E-state index is 0.0211. The Hall–Kier alpha value is -3.97. The maximum atomic E-state index is 13.8. The molecule has 0 saturated carbocycles. The number of rotatable bonds is 7. The Kier molecular flexibility index (Phi) is 9.40. The quantitative estimate of drug-likeness (QED) is 0.295. The van der Waals surface area contributed by atoms with Gasteiger partial charge in [-0.25, -0.2) is 13.4 Å². The van der Waals surface area contributed by atoms with Crippen molar-refractivity contribution in [3.05, 3.63) is 47.8 Å². The van der Waals surface area contributed by atoms with Gasteiger partial charge in [-0.1, -0.05) is 11.8 Å². The fourth-order valence-corrected chi connectivity index (χ4v) is 5.58. The molecular weight excluding hydrogens is 616 g/mol. The number of hydrogen-bond donors (Lipinski definition) is 2. The first-order valence-corrected chi connectivity index (χ1v) is 15.1. The number of aromatic nitrogens is 2. The average Bonchev–Trinajstić information content (AvgIpc) is 3.31. The first kappa shape index (κ1) is 32.9. The van der Waals surface area contributed by atoms with Crippen LogP contribution in [0.4, 0.5) is 32.0 Å². The van der Waals surface area contributed by atoms with Gasteiger partial charge in [-0.3, -0.25) is 4.79 Å². The van der Waals surface area contributed by atoms with E-state index in [1.54, 1.807) is 7.05 Å². The second-order valence-electron chi connectivity index (χ2n) is 10.4. The molecule has 1 saturated heterocycles. The third kappa shape index (κ3) is 7.94. The van der Waals surface area contributed by atoms with Gasteiger partial charge in [0, 0.05) is 24.4 Å². The lowest BCUT2D eigenvalue weighted by atomic mass is 9.91. The Morgan fingerprint density at radius 1 is 1.16 bits per heavy atom. The van der Waals surface area contributed by atoms with Crippen LogP contribution in [0, 0.1) is 17.8 Å². The maximum Gasteiger partial charge on any atom is 0.406 e. The molecule has 1 aromatic heterocycles. The van der Waals surface area contributed by atoms with E-state index in [-0.39, 0.29) is 46.6 Å². The van der Waals surface area contributed by atoms with Crippen LogP contribution in [0.3, 0.4) is 0 Å². The first-order chi connectivity index (χ1) is 20.5. The van der Waals surface area contributed by atoms with Crippen molar-refractivity contribution < 1.29 is 44.3 Å². The number of nitrogens with one attached hydrogen (secondary N) is 2. The summed E-state index contributed by atoms with van der Waals surface area (Å²) in [5.41, 5.74) is 0.0182. The molecule has 0 aliphatic carbocycles. The van der Waals surface area contributed by atoms with Gasteiger partial charge in [0.2, 0.25) is 0 Å². The molecule has 0 spiro atoms. The summed E-state index contributed by atoms with van der Waals surface area (Å²) in [6.07, 6.45) is -7.23. The maximum absolute atomic E-state index is 13.8. The summed E-state index contributed by atoms with van der Waals surface area (Å²) < 4.78 is 111. The number of methoxy groups -OCH3 is 1. The van der Waals surface area contributed by atoms with E-state index in [9.17, 15) is 39.6 Å². The van der Waals surface area contributed by atoms with Gasteiger partial charge in [-0.15, -0.1) is 0 Å². The van der Waals surface area contributed by atoms with E-state index >= 15 is 0 Å². The van der Waals surface area contributed by atoms with Gasteiger partial charge in [0.1, 0.15) is 17.8 Å². The zero-order chi connectivity index (χ0) is 32.4. The molecule has 2 aromatic carbocycles. The molecule has 1 aliphatic rings. The number of hydrogen-bond acceptors (Lipinski definition) is 7. The smallest absolute Gasteiger partial charge is 0.406 e. The minimum atomic E-state index is -4.62. The lowest BCUT2D eigenvalue weighted by Crippen LogP contribution is -2.54. The third-order valence-corrected chi connectivity index (χ3v) is 8.18. The van der Waals surface area contributed by atoms with Gasteiger partial charge < -0.3 is 24.8 Å². The number of amides is 1. The lowest BCUT2D eigenvalue weighted by molar-refractivity contribution is -0.191. The summed E-state index contributed by atoms with van der Waals surface area (Å²) in [6, 6.07) is 5.51. The van der Waals surface area contributed by atoms with Crippen molar-refractivity contribution >= 4 is 32.5 Å². The first-order valence-electron chi connectivity index (χ1n) is 13.2. The Balaban J connectivity index is 1.66. The lowest BCUT2D eigenvalue weighted by Gasteiger charge is -2.38. The molecule has 2 heterocycles. The number of anilines is 1. The molecule has 0 unspecified atom stereocenters. The predicted octanol–water partition coefficient (Wildman–Crippen LogP) is 4.09. The van der Waals surface area contributed by atoms with Crippen molar-refractivity contribution in [1.82, 2.24) is 19.8 Å². The van der Waals surface area contributed by atoms with Crippen molar-refractivity contribution in [2.75, 3.05) is 45.4 Å². The van der Waals surface area contributed by atoms with Gasteiger partial charge in [0.05, 0.1) is 47.6 Å². The molecule has 4 rings (SSSR count). The average molecular weight is 646 g/mol. The number of imidazole rings is 1. The number of halogens is 6. The van der Waals surface area contributed by atoms with Crippen molar-refractivity contribution in [2.45, 2.75) is 36.3 Å². The molecular formula is C28H29F6N5O4S. The van der Waals surface area contributed by atoms with Gasteiger partial charge >= 0.3 is 12.4 Å². The summed E-state index contributed by atoms with van der Waals surface area (Å²) in [5.74, 6) is 3.09. The van der Waals surface area contributed by atoms with Gasteiger partial charge in [0.25, 0.3) is 5.91 Å². The van der Waals surface area contributed by atoms with E-state index in [1.807, 2.05) is 0 Å². The number of carbonyl (C=O) groups excluding carboxylic acids is 1. The fraction of sp³-hybridized carbons (Fsp3) is 0.429. The molecule has 44 heavy (non-hydrogen) atoms. The number of fused-ring (bicyclic) bond motifs is 1. The monoisotopic (exact) mass is 645 g/mol. The number of ether oxygens (including phenoxy) is 1. The highest BCUT2D eigenvalue weighted by Crippen LogP contribution is 2.34. The van der Waals surface area contributed by atoms with E-state index in [4.69, 9.17) is 4.74 Å². The number of carbonyl (C=O) groups is 1. The number of likely N-dealkylation sites (tertiary alicyclic amines) is 1. The highest BCUT2D eigenvalue weighted by atomic mass is 32.2. The second kappa shape index (κ2) is 12.6. The van der Waals surface area contributed by atoms with E-state index < -0.39 is 46.6 Å². The van der Waals surface area contributed by atoms with Gasteiger partial charge in [-0.05, 0) is 50.3 Å². The predicted molar refractivity (Wildman–Crippen MR) is 150 cm³/mol. The summed E-state index contributed by atoms with van der Waals surface area (Å²) in [7, 11) is -0.583. The van der Waals surface area contributed by atoms with Crippen LogP contribution in [0.25, 0.3) is 11.0 Å². The van der Waals surface area contributed by atoms with Crippen molar-refractivity contribution in [1.29, 1.82) is 0 Å². The second-order valence-corrected chi connectivity index (χ2v) is 12.5. The zero-order valence-corrected chi connectivity index (χ0v) is 24.6. The van der Waals surface area contributed by atoms with E-state index in [0.717, 1.165) is 17.2 Å². The van der Waals surface area contributed by atoms with Crippen molar-refractivity contribution in [2.24, 2.45) is 5.92 Å². The van der Waals surface area contributed by atoms with E-state index in [0.29, 0.717) is 18.0 Å². The van der Waals surface area contributed by atoms with Crippen molar-refractivity contribution in [3.8, 4) is 17.6 Å². The molecule has 2 atom stereocenters. The Bertz CT molecular complexity index is 1710. The van der Waals surface area contributed by atoms with Crippen LogP contribution < -0.4 is 15.4 Å². The summed E-state index contributed by atoms with van der Waals surface area (Å²) in [5, 5.41) is 5.34. The van der Waals surface area contributed by atoms with Crippen LogP contribution in [0.2, 0.25) is 0 Å². The van der Waals surface area contributed by atoms with Gasteiger partial charge in [0.15, 0.2) is 9.84 Å². The molecule has 2 N–H and O–H groups in total. The minimum Gasteiger partial charge on any atom is -0.495 e. The van der Waals surface area contributed by atoms with Crippen LogP contribution in [0.5, 0.6) is 5.75 Å². The summed E-state index contributed by atoms with van der Waals surface area (Å²) in [6.45, 7) is -1.48. The standard InChI is InChI=1S/C28H29F6N5O4S/c1-38-10-8-21(20(14-38)28(32,33)34)37-26(40)19-11-17(12-23-25(19)36-16-39(23)15-27(29,30)31)5-4-9-35-22-13-18(44(3,41)42)6-7-24(22)43-2/h6-7,11-13,16,20-21,35H,8-10,14-15H2,1-3H3,(H,37,40)/t20-,21+/m1/s1. The summed E-state index contributed by atoms with van der Waals surface area (Å²) in [4.78, 5) is 18.8. The number of benzene rings is 2. The van der Waals surface area contributed by atoms with Gasteiger partial charge in [-0.2, -0.15) is 26.3 Å². The molecule has 238 valence electrons. The van der Waals surface area contributed by atoms with Crippen LogP contribution >= 0.6 is 0 Å². The Labute approximate surface area is 249 Å². The SMILES string of the molecule is COc1ccc(S(C)(=O)=O)cc1NCC#Cc1cc(C(=O)N[C@H]2CCN(C)C[C@H]2C(F)(F)F)c2ncn(CC(F)(F)F)c2c1. The molecule has 9 nitrogen and oxygen atoms in total. The molecule has 1 aliphatic heterocycles. The highest BCUT2D eigenvalue weighted by molar-refractivity contribution is 7.90. The zero-order valence-electron chi connectivity index (χ0n) is 23.8. The van der Waals surface area contributed by atoms with E-state index in [1.165, 1.54) is 42.3 Å². The molecule has 1 amide bonds. The normalized spacial score (nSPS) is 18.0. The van der Waals surface area contributed by atoms with E-state index in [2.05, 4.69) is 27.5 Å². The Morgan fingerprint density at radius 3 is 2.52 bits per heavy atom. The van der Waals surface area contributed by atoms with Crippen molar-refractivity contribution in [3.63, 3.8) is 0 Å². The largest absolute Gasteiger partial charge is 0.495 e. The molecule has 1 fully saturated rings. The van der Waals surface area contributed by atoms with Crippen LogP contribution in [0.15, 0.2) is 41.6 Å². The number of nitrogens with zero attached hydrogens (tertiary/aromatic N) is 3. The van der Waals surface area contributed by atoms with Crippen LogP contribution in [-0.2, 0) is 16.4 Å². The number of sulfone groups is 1. The fourth-order valence-electron chi connectivity index (χ4n) is 4.93. The highest BCUT2D eigenvalue weighted by Gasteiger charge is 2.47. The third-order valence-electron chi connectivity index (χ3n) is 7.07. The molecule has 0 bridgehead atoms. The molecule has 0 radical (unpaired) electrons. The Morgan fingerprint density at radius 2 is 1.89 bits per heavy atom. The van der Waals surface area contributed by atoms with Crippen LogP contribution in [0.1, 0.15) is 22.3 Å². The summed E-state index contributed by atoms with van der Waals surface area (Å²) >= 11 is 0. The topological polar surface area (TPSA) is 106 Å². The molecule has 3 aromatic rings. The van der Waals surface area contributed by atoms with Crippen LogP contribution in [-0.4, -0.2) is 87.2 Å². The molecule has 16 heteroatoms. The number of piperidine rings is 1.